The van der Waals surface area contributed by atoms with Crippen LogP contribution in [0.25, 0.3) is 0 Å². The van der Waals surface area contributed by atoms with Crippen LogP contribution in [0.4, 0.5) is 0 Å². The van der Waals surface area contributed by atoms with Crippen LogP contribution in [0.5, 0.6) is 0 Å². The summed E-state index contributed by atoms with van der Waals surface area (Å²) in [6.45, 7) is 3.42. The summed E-state index contributed by atoms with van der Waals surface area (Å²) < 4.78 is 2.30. The standard InChI is InChI=1S/C15H17N3OS3/c19-15(17-11-8-18-5-3-10(11)4-6-18)12-1-2-13(21-12)22-14-7-16-9-20-14/h1-2,7,9-11H,3-6,8H2,(H,17,19)/t11-/m0/s1. The first-order chi connectivity index (χ1) is 10.8. The predicted molar refractivity (Wildman–Crippen MR) is 91.0 cm³/mol. The van der Waals surface area contributed by atoms with Gasteiger partial charge in [-0.15, -0.1) is 22.7 Å². The van der Waals surface area contributed by atoms with E-state index in [1.807, 2.05) is 23.8 Å². The molecular formula is C15H17N3OS3. The molecule has 3 fully saturated rings. The quantitative estimate of drug-likeness (QED) is 0.919. The van der Waals surface area contributed by atoms with Gasteiger partial charge in [0.05, 0.1) is 25.0 Å². The van der Waals surface area contributed by atoms with Crippen LogP contribution in [-0.2, 0) is 0 Å². The maximum atomic E-state index is 12.5. The number of amides is 1. The average molecular weight is 352 g/mol. The van der Waals surface area contributed by atoms with Gasteiger partial charge in [0.15, 0.2) is 0 Å². The SMILES string of the molecule is O=C(N[C@H]1CN2CCC1CC2)c1ccc(Sc2cncs2)s1. The Morgan fingerprint density at radius 1 is 1.32 bits per heavy atom. The van der Waals surface area contributed by atoms with Gasteiger partial charge in [0.25, 0.3) is 5.91 Å². The Labute approximate surface area is 141 Å². The van der Waals surface area contributed by atoms with Crippen molar-refractivity contribution in [2.45, 2.75) is 27.3 Å². The number of nitrogens with one attached hydrogen (secondary N) is 1. The largest absolute Gasteiger partial charge is 0.347 e. The molecule has 3 aliphatic heterocycles. The molecule has 4 nitrogen and oxygen atoms in total. The Kier molecular flexibility index (Phi) is 4.21. The molecule has 7 heteroatoms. The fourth-order valence-electron chi connectivity index (χ4n) is 3.22. The van der Waals surface area contributed by atoms with Crippen molar-refractivity contribution in [3.05, 3.63) is 28.7 Å². The van der Waals surface area contributed by atoms with Crippen molar-refractivity contribution in [2.75, 3.05) is 19.6 Å². The highest BCUT2D eigenvalue weighted by atomic mass is 32.2. The van der Waals surface area contributed by atoms with Crippen molar-refractivity contribution in [3.63, 3.8) is 0 Å². The van der Waals surface area contributed by atoms with Crippen molar-refractivity contribution < 1.29 is 4.79 Å². The van der Waals surface area contributed by atoms with E-state index < -0.39 is 0 Å². The number of thiophene rings is 1. The molecule has 3 aliphatic rings. The molecule has 0 aliphatic carbocycles. The van der Waals surface area contributed by atoms with Gasteiger partial charge in [-0.2, -0.15) is 0 Å². The van der Waals surface area contributed by atoms with Gasteiger partial charge >= 0.3 is 0 Å². The van der Waals surface area contributed by atoms with Crippen LogP contribution >= 0.6 is 34.4 Å². The second-order valence-corrected chi connectivity index (χ2v) is 9.33. The zero-order chi connectivity index (χ0) is 14.9. The molecular weight excluding hydrogens is 334 g/mol. The summed E-state index contributed by atoms with van der Waals surface area (Å²) in [4.78, 5) is 19.8. The van der Waals surface area contributed by atoms with Gasteiger partial charge in [-0.25, -0.2) is 0 Å². The van der Waals surface area contributed by atoms with E-state index in [0.29, 0.717) is 12.0 Å². The van der Waals surface area contributed by atoms with Crippen LogP contribution in [-0.4, -0.2) is 41.5 Å². The fourth-order valence-corrected chi connectivity index (χ4v) is 6.11. The molecule has 3 saturated heterocycles. The minimum absolute atomic E-state index is 0.0832. The molecule has 2 aromatic heterocycles. The zero-order valence-electron chi connectivity index (χ0n) is 12.0. The van der Waals surface area contributed by atoms with Crippen molar-refractivity contribution in [1.82, 2.24) is 15.2 Å². The number of hydrogen-bond donors (Lipinski definition) is 1. The number of thiazole rings is 1. The molecule has 1 N–H and O–H groups in total. The lowest BCUT2D eigenvalue weighted by atomic mass is 9.84. The molecule has 1 amide bonds. The lowest BCUT2D eigenvalue weighted by Gasteiger charge is -2.44. The minimum Gasteiger partial charge on any atom is -0.347 e. The van der Waals surface area contributed by atoms with E-state index in [1.54, 1.807) is 34.4 Å². The van der Waals surface area contributed by atoms with E-state index in [0.717, 1.165) is 19.8 Å². The summed E-state index contributed by atoms with van der Waals surface area (Å²) in [7, 11) is 0. The van der Waals surface area contributed by atoms with Crippen molar-refractivity contribution in [3.8, 4) is 0 Å². The Balaban J connectivity index is 1.39. The maximum absolute atomic E-state index is 12.5. The Morgan fingerprint density at radius 2 is 2.18 bits per heavy atom. The number of rotatable bonds is 4. The number of carbonyl (C=O) groups excluding carboxylic acids is 1. The first-order valence-electron chi connectivity index (χ1n) is 7.47. The lowest BCUT2D eigenvalue weighted by Crippen LogP contribution is -2.57. The van der Waals surface area contributed by atoms with Gasteiger partial charge in [-0.1, -0.05) is 11.8 Å². The van der Waals surface area contributed by atoms with E-state index in [1.165, 1.54) is 25.9 Å². The Bertz CT molecular complexity index is 647. The highest BCUT2D eigenvalue weighted by Crippen LogP contribution is 2.35. The first kappa shape index (κ1) is 14.7. The molecule has 0 unspecified atom stereocenters. The highest BCUT2D eigenvalue weighted by molar-refractivity contribution is 8.02. The van der Waals surface area contributed by atoms with E-state index in [-0.39, 0.29) is 5.91 Å². The van der Waals surface area contributed by atoms with Crippen molar-refractivity contribution >= 4 is 40.3 Å². The molecule has 116 valence electrons. The number of nitrogens with zero attached hydrogens (tertiary/aromatic N) is 2. The van der Waals surface area contributed by atoms with Crippen molar-refractivity contribution in [2.24, 2.45) is 5.92 Å². The molecule has 0 radical (unpaired) electrons. The fraction of sp³-hybridized carbons (Fsp3) is 0.467. The molecule has 2 aromatic rings. The summed E-state index contributed by atoms with van der Waals surface area (Å²) in [5.41, 5.74) is 1.83. The Hall–Kier alpha value is -0.890. The van der Waals surface area contributed by atoms with Crippen LogP contribution in [0.15, 0.2) is 32.3 Å². The minimum atomic E-state index is 0.0832. The molecule has 0 spiro atoms. The number of carbonyl (C=O) groups is 1. The second-order valence-electron chi connectivity index (χ2n) is 5.76. The number of hydrogen-bond acceptors (Lipinski definition) is 6. The lowest BCUT2D eigenvalue weighted by molar-refractivity contribution is 0.0622. The normalized spacial score (nSPS) is 27.0. The second kappa shape index (κ2) is 6.31. The van der Waals surface area contributed by atoms with Crippen LogP contribution < -0.4 is 5.32 Å². The monoisotopic (exact) mass is 351 g/mol. The highest BCUT2D eigenvalue weighted by Gasteiger charge is 2.35. The van der Waals surface area contributed by atoms with Crippen LogP contribution in [0.3, 0.4) is 0 Å². The van der Waals surface area contributed by atoms with Gasteiger partial charge in [0.2, 0.25) is 0 Å². The number of aromatic nitrogens is 1. The first-order valence-corrected chi connectivity index (χ1v) is 9.98. The molecule has 0 saturated carbocycles. The van der Waals surface area contributed by atoms with Gasteiger partial charge in [-0.05, 0) is 44.0 Å². The zero-order valence-corrected chi connectivity index (χ0v) is 14.5. The summed E-state index contributed by atoms with van der Waals surface area (Å²) in [5, 5.41) is 3.25. The predicted octanol–water partition coefficient (Wildman–Crippen LogP) is 3.18. The topological polar surface area (TPSA) is 45.2 Å². The van der Waals surface area contributed by atoms with Crippen LogP contribution in [0.2, 0.25) is 0 Å². The number of fused-ring (bicyclic) bond motifs is 3. The van der Waals surface area contributed by atoms with Crippen LogP contribution in [0, 0.1) is 5.92 Å². The average Bonchev–Trinajstić information content (AvgIpc) is 3.21. The Morgan fingerprint density at radius 3 is 2.86 bits per heavy atom. The summed E-state index contributed by atoms with van der Waals surface area (Å²) in [6.07, 6.45) is 4.31. The molecule has 22 heavy (non-hydrogen) atoms. The third-order valence-corrected chi connectivity index (χ3v) is 7.51. The summed E-state index contributed by atoms with van der Waals surface area (Å²) in [5.74, 6) is 0.750. The molecule has 5 heterocycles. The smallest absolute Gasteiger partial charge is 0.261 e. The van der Waals surface area contributed by atoms with Gasteiger partial charge in [-0.3, -0.25) is 9.78 Å². The summed E-state index contributed by atoms with van der Waals surface area (Å²) in [6, 6.07) is 4.29. The molecule has 2 bridgehead atoms. The van der Waals surface area contributed by atoms with Gasteiger partial charge in [0, 0.05) is 12.6 Å². The van der Waals surface area contributed by atoms with Gasteiger partial charge in [0.1, 0.15) is 0 Å². The van der Waals surface area contributed by atoms with E-state index in [9.17, 15) is 4.79 Å². The maximum Gasteiger partial charge on any atom is 0.261 e. The van der Waals surface area contributed by atoms with E-state index >= 15 is 0 Å². The van der Waals surface area contributed by atoms with Gasteiger partial charge < -0.3 is 10.2 Å². The summed E-state index contributed by atoms with van der Waals surface area (Å²) >= 11 is 4.87. The molecule has 0 aromatic carbocycles. The third kappa shape index (κ3) is 3.08. The third-order valence-electron chi connectivity index (χ3n) is 4.39. The molecule has 1 atom stereocenters. The van der Waals surface area contributed by atoms with Crippen LogP contribution in [0.1, 0.15) is 22.5 Å². The van der Waals surface area contributed by atoms with Crippen molar-refractivity contribution in [1.29, 1.82) is 0 Å². The van der Waals surface area contributed by atoms with E-state index in [4.69, 9.17) is 0 Å². The number of piperidine rings is 3. The van der Waals surface area contributed by atoms with E-state index in [2.05, 4.69) is 15.2 Å². The molecule has 5 rings (SSSR count).